The van der Waals surface area contributed by atoms with Gasteiger partial charge < -0.3 is 5.73 Å². The molecule has 1 aliphatic rings. The molecule has 0 spiro atoms. The molecular weight excluding hydrogens is 112 g/mol. The van der Waals surface area contributed by atoms with Gasteiger partial charge in [-0.1, -0.05) is 6.92 Å². The summed E-state index contributed by atoms with van der Waals surface area (Å²) in [6.07, 6.45) is 2.29. The first-order valence-electron chi connectivity index (χ1n) is 3.57. The Labute approximate surface area is 56.2 Å². The monoisotopic (exact) mass is 126 g/mol. The van der Waals surface area contributed by atoms with E-state index in [4.69, 9.17) is 5.73 Å². The average molecular weight is 126 g/mol. The van der Waals surface area contributed by atoms with Crippen LogP contribution in [-0.2, 0) is 0 Å². The molecule has 52 valence electrons. The van der Waals surface area contributed by atoms with E-state index in [1.807, 2.05) is 0 Å². The predicted octanol–water partition coefficient (Wildman–Crippen LogP) is 1.16. The van der Waals surface area contributed by atoms with Crippen LogP contribution in [0.4, 0.5) is 0 Å². The molecule has 1 rings (SSSR count). The van der Waals surface area contributed by atoms with Crippen LogP contribution in [0.3, 0.4) is 0 Å². The topological polar surface area (TPSA) is 38.4 Å². The van der Waals surface area contributed by atoms with Gasteiger partial charge in [-0.05, 0) is 19.8 Å². The molecule has 0 fully saturated rings. The average Bonchev–Trinajstić information content (AvgIpc) is 2.10. The minimum atomic E-state index is 0.468. The predicted molar refractivity (Wildman–Crippen MR) is 39.5 cm³/mol. The first kappa shape index (κ1) is 6.59. The molecule has 2 heteroatoms. The molecule has 2 N–H and O–H groups in total. The molecular formula is C7H14N2. The molecule has 1 heterocycles. The maximum atomic E-state index is 5.63. The number of amidine groups is 1. The van der Waals surface area contributed by atoms with Crippen LogP contribution < -0.4 is 5.73 Å². The molecule has 9 heavy (non-hydrogen) atoms. The van der Waals surface area contributed by atoms with Gasteiger partial charge in [-0.15, -0.1) is 0 Å². The van der Waals surface area contributed by atoms with Crippen molar-refractivity contribution in [3.8, 4) is 0 Å². The van der Waals surface area contributed by atoms with E-state index in [9.17, 15) is 0 Å². The maximum Gasteiger partial charge on any atom is 0.0972 e. The van der Waals surface area contributed by atoms with Crippen molar-refractivity contribution in [1.29, 1.82) is 0 Å². The van der Waals surface area contributed by atoms with Gasteiger partial charge in [0.15, 0.2) is 0 Å². The maximum absolute atomic E-state index is 5.63. The van der Waals surface area contributed by atoms with Gasteiger partial charge in [0.25, 0.3) is 0 Å². The lowest BCUT2D eigenvalue weighted by atomic mass is 10.0. The molecule has 0 amide bonds. The van der Waals surface area contributed by atoms with Gasteiger partial charge in [0, 0.05) is 12.0 Å². The van der Waals surface area contributed by atoms with Crippen LogP contribution >= 0.6 is 0 Å². The number of nitrogens with two attached hydrogens (primary N) is 1. The molecule has 0 aromatic carbocycles. The number of nitrogens with zero attached hydrogens (tertiary/aromatic N) is 1. The Morgan fingerprint density at radius 1 is 1.78 bits per heavy atom. The third kappa shape index (κ3) is 1.23. The first-order chi connectivity index (χ1) is 4.24. The van der Waals surface area contributed by atoms with Crippen LogP contribution in [0.15, 0.2) is 4.99 Å². The van der Waals surface area contributed by atoms with Crippen LogP contribution in [0, 0.1) is 5.92 Å². The van der Waals surface area contributed by atoms with Gasteiger partial charge in [0.2, 0.25) is 0 Å². The van der Waals surface area contributed by atoms with E-state index < -0.39 is 0 Å². The summed E-state index contributed by atoms with van der Waals surface area (Å²) in [4.78, 5) is 4.24. The summed E-state index contributed by atoms with van der Waals surface area (Å²) in [6.45, 7) is 4.27. The number of rotatable bonds is 1. The summed E-state index contributed by atoms with van der Waals surface area (Å²) in [7, 11) is 0. The van der Waals surface area contributed by atoms with Crippen LogP contribution in [0.25, 0.3) is 0 Å². The molecule has 0 aromatic heterocycles. The molecule has 0 saturated carbocycles. The molecule has 1 aliphatic heterocycles. The van der Waals surface area contributed by atoms with Crippen LogP contribution in [0.5, 0.6) is 0 Å². The van der Waals surface area contributed by atoms with Crippen molar-refractivity contribution in [2.24, 2.45) is 16.6 Å². The van der Waals surface area contributed by atoms with E-state index in [1.165, 1.54) is 0 Å². The van der Waals surface area contributed by atoms with Gasteiger partial charge in [0.05, 0.1) is 5.84 Å². The highest BCUT2D eigenvalue weighted by molar-refractivity contribution is 5.84. The van der Waals surface area contributed by atoms with Crippen molar-refractivity contribution in [3.63, 3.8) is 0 Å². The van der Waals surface area contributed by atoms with Gasteiger partial charge in [-0.25, -0.2) is 0 Å². The summed E-state index contributed by atoms with van der Waals surface area (Å²) < 4.78 is 0. The minimum absolute atomic E-state index is 0.468. The summed E-state index contributed by atoms with van der Waals surface area (Å²) in [5.41, 5.74) is 5.63. The van der Waals surface area contributed by atoms with E-state index in [1.54, 1.807) is 0 Å². The summed E-state index contributed by atoms with van der Waals surface area (Å²) in [6, 6.07) is 0.468. The third-order valence-electron chi connectivity index (χ3n) is 1.91. The summed E-state index contributed by atoms with van der Waals surface area (Å²) in [5, 5.41) is 0. The molecule has 0 radical (unpaired) electrons. The van der Waals surface area contributed by atoms with Crippen molar-refractivity contribution < 1.29 is 0 Å². The lowest BCUT2D eigenvalue weighted by Crippen LogP contribution is -2.18. The van der Waals surface area contributed by atoms with Crippen LogP contribution in [-0.4, -0.2) is 11.9 Å². The summed E-state index contributed by atoms with van der Waals surface area (Å²) in [5.74, 6) is 1.44. The van der Waals surface area contributed by atoms with E-state index in [-0.39, 0.29) is 0 Å². The largest absolute Gasteiger partial charge is 0.387 e. The summed E-state index contributed by atoms with van der Waals surface area (Å²) >= 11 is 0. The van der Waals surface area contributed by atoms with Gasteiger partial charge in [-0.3, -0.25) is 4.99 Å². The Kier molecular flexibility index (Phi) is 1.74. The van der Waals surface area contributed by atoms with Crippen LogP contribution in [0.2, 0.25) is 0 Å². The molecule has 0 aliphatic carbocycles. The Morgan fingerprint density at radius 2 is 2.44 bits per heavy atom. The van der Waals surface area contributed by atoms with E-state index >= 15 is 0 Å². The van der Waals surface area contributed by atoms with Gasteiger partial charge in [-0.2, -0.15) is 0 Å². The van der Waals surface area contributed by atoms with Gasteiger partial charge in [0.1, 0.15) is 0 Å². The first-order valence-corrected chi connectivity index (χ1v) is 3.57. The zero-order valence-electron chi connectivity index (χ0n) is 6.09. The Bertz CT molecular complexity index is 129. The van der Waals surface area contributed by atoms with Crippen molar-refractivity contribution in [2.75, 3.05) is 0 Å². The Morgan fingerprint density at radius 3 is 2.67 bits per heavy atom. The quantitative estimate of drug-likeness (QED) is 0.562. The third-order valence-corrected chi connectivity index (χ3v) is 1.91. The fourth-order valence-corrected chi connectivity index (χ4v) is 1.32. The van der Waals surface area contributed by atoms with E-state index in [0.717, 1.165) is 18.7 Å². The van der Waals surface area contributed by atoms with E-state index in [2.05, 4.69) is 18.8 Å². The van der Waals surface area contributed by atoms with Crippen LogP contribution in [0.1, 0.15) is 26.7 Å². The molecule has 0 aromatic rings. The zero-order valence-corrected chi connectivity index (χ0v) is 6.09. The molecule has 0 saturated heterocycles. The Balaban J connectivity index is 2.53. The highest BCUT2D eigenvalue weighted by Crippen LogP contribution is 2.19. The normalized spacial score (nSPS) is 34.7. The van der Waals surface area contributed by atoms with Crippen molar-refractivity contribution in [1.82, 2.24) is 0 Å². The Hall–Kier alpha value is -0.530. The standard InChI is InChI=1S/C7H14N2/c1-3-6-4-5(2)9-7(6)8/h5-6H,3-4H2,1-2H3,(H2,8,9). The SMILES string of the molecule is CCC1CC(C)N=C1N. The molecule has 2 nitrogen and oxygen atoms in total. The second-order valence-electron chi connectivity index (χ2n) is 2.74. The molecule has 2 unspecified atom stereocenters. The fraction of sp³-hybridized carbons (Fsp3) is 0.857. The highest BCUT2D eigenvalue weighted by atomic mass is 14.9. The fourth-order valence-electron chi connectivity index (χ4n) is 1.32. The smallest absolute Gasteiger partial charge is 0.0972 e. The second-order valence-corrected chi connectivity index (χ2v) is 2.74. The lowest BCUT2D eigenvalue weighted by Gasteiger charge is -2.03. The number of hydrogen-bond donors (Lipinski definition) is 1. The second kappa shape index (κ2) is 2.38. The minimum Gasteiger partial charge on any atom is -0.387 e. The number of hydrogen-bond acceptors (Lipinski definition) is 2. The van der Waals surface area contributed by atoms with Gasteiger partial charge >= 0.3 is 0 Å². The zero-order chi connectivity index (χ0) is 6.85. The molecule has 0 bridgehead atoms. The van der Waals surface area contributed by atoms with Crippen molar-refractivity contribution in [3.05, 3.63) is 0 Å². The van der Waals surface area contributed by atoms with E-state index in [0.29, 0.717) is 12.0 Å². The van der Waals surface area contributed by atoms with Crippen molar-refractivity contribution in [2.45, 2.75) is 32.7 Å². The van der Waals surface area contributed by atoms with Crippen molar-refractivity contribution >= 4 is 5.84 Å². The number of aliphatic imine (C=N–C) groups is 1. The lowest BCUT2D eigenvalue weighted by molar-refractivity contribution is 0.586. The molecule has 2 atom stereocenters. The highest BCUT2D eigenvalue weighted by Gasteiger charge is 2.20.